The molecule has 0 bridgehead atoms. The van der Waals surface area contributed by atoms with Gasteiger partial charge in [-0.1, -0.05) is 0 Å². The highest BCUT2D eigenvalue weighted by atomic mass is 19.1. The fourth-order valence-electron chi connectivity index (χ4n) is 0.807. The molecule has 0 spiro atoms. The van der Waals surface area contributed by atoms with E-state index in [1.54, 1.807) is 0 Å². The van der Waals surface area contributed by atoms with Crippen molar-refractivity contribution in [3.05, 3.63) is 39.4 Å². The Hall–Kier alpha value is -1.85. The monoisotopic (exact) mass is 187 g/mol. The molecular weight excluding hydrogens is 184 g/mol. The van der Waals surface area contributed by atoms with Gasteiger partial charge in [-0.2, -0.15) is 4.39 Å². The van der Waals surface area contributed by atoms with Gasteiger partial charge in [-0.3, -0.25) is 14.9 Å². The molecule has 1 aromatic rings. The smallest absolute Gasteiger partial charge is 0.298 e. The maximum absolute atomic E-state index is 12.9. The van der Waals surface area contributed by atoms with Gasteiger partial charge in [0.05, 0.1) is 10.5 Å². The number of hydrogen-bond donors (Lipinski definition) is 0. The van der Waals surface area contributed by atoms with E-state index in [9.17, 15) is 23.7 Å². The van der Waals surface area contributed by atoms with Crippen LogP contribution in [-0.4, -0.2) is 11.2 Å². The van der Waals surface area contributed by atoms with Crippen LogP contribution < -0.4 is 0 Å². The molecule has 0 saturated heterocycles. The molecule has 0 aliphatic rings. The van der Waals surface area contributed by atoms with Gasteiger partial charge in [-0.05, 0) is 6.07 Å². The number of halogens is 2. The van der Waals surface area contributed by atoms with Crippen LogP contribution >= 0.6 is 0 Å². The quantitative estimate of drug-likeness (QED) is 0.402. The summed E-state index contributed by atoms with van der Waals surface area (Å²) in [5, 5.41) is 10.1. The van der Waals surface area contributed by atoms with Crippen LogP contribution in [0.2, 0.25) is 0 Å². The van der Waals surface area contributed by atoms with Crippen LogP contribution in [0.15, 0.2) is 12.1 Å². The van der Waals surface area contributed by atoms with Gasteiger partial charge < -0.3 is 0 Å². The van der Waals surface area contributed by atoms with Crippen LogP contribution in [0.25, 0.3) is 0 Å². The third-order valence-corrected chi connectivity index (χ3v) is 1.42. The summed E-state index contributed by atoms with van der Waals surface area (Å²) in [6, 6.07) is 1.34. The zero-order valence-corrected chi connectivity index (χ0v) is 6.16. The molecule has 13 heavy (non-hydrogen) atoms. The first kappa shape index (κ1) is 9.24. The van der Waals surface area contributed by atoms with Gasteiger partial charge in [0, 0.05) is 6.07 Å². The Morgan fingerprint density at radius 3 is 2.46 bits per heavy atom. The Morgan fingerprint density at radius 2 is 2.00 bits per heavy atom. The molecule has 1 rings (SSSR count). The summed E-state index contributed by atoms with van der Waals surface area (Å²) in [5.74, 6) is -2.56. The van der Waals surface area contributed by atoms with Crippen molar-refractivity contribution in [3.8, 4) is 0 Å². The number of nitro benzene ring substituents is 1. The first-order valence-electron chi connectivity index (χ1n) is 3.15. The van der Waals surface area contributed by atoms with Crippen LogP contribution in [0.3, 0.4) is 0 Å². The topological polar surface area (TPSA) is 60.2 Å². The highest BCUT2D eigenvalue weighted by Crippen LogP contribution is 2.21. The van der Waals surface area contributed by atoms with Crippen molar-refractivity contribution in [1.82, 2.24) is 0 Å². The molecule has 0 radical (unpaired) electrons. The number of nitrogens with zero attached hydrogens (tertiary/aromatic N) is 1. The van der Waals surface area contributed by atoms with Crippen LogP contribution in [-0.2, 0) is 0 Å². The van der Waals surface area contributed by atoms with E-state index in [4.69, 9.17) is 0 Å². The molecule has 0 fully saturated rings. The average Bonchev–Trinajstić information content (AvgIpc) is 2.04. The van der Waals surface area contributed by atoms with Crippen molar-refractivity contribution >= 4 is 12.0 Å². The second-order valence-electron chi connectivity index (χ2n) is 2.17. The lowest BCUT2D eigenvalue weighted by atomic mass is 10.2. The van der Waals surface area contributed by atoms with Gasteiger partial charge in [-0.25, -0.2) is 4.39 Å². The van der Waals surface area contributed by atoms with Crippen molar-refractivity contribution in [2.24, 2.45) is 0 Å². The van der Waals surface area contributed by atoms with E-state index >= 15 is 0 Å². The number of aldehydes is 1. The number of carbonyl (C=O) groups is 1. The predicted molar refractivity (Wildman–Crippen MR) is 38.4 cm³/mol. The summed E-state index contributed by atoms with van der Waals surface area (Å²) in [7, 11) is 0. The van der Waals surface area contributed by atoms with Gasteiger partial charge in [0.25, 0.3) is 0 Å². The van der Waals surface area contributed by atoms with E-state index in [1.165, 1.54) is 0 Å². The lowest BCUT2D eigenvalue weighted by molar-refractivity contribution is -0.387. The van der Waals surface area contributed by atoms with Gasteiger partial charge in [0.1, 0.15) is 5.82 Å². The van der Waals surface area contributed by atoms with Crippen molar-refractivity contribution in [3.63, 3.8) is 0 Å². The highest BCUT2D eigenvalue weighted by Gasteiger charge is 2.20. The molecule has 68 valence electrons. The number of hydrogen-bond acceptors (Lipinski definition) is 3. The maximum Gasteiger partial charge on any atom is 0.305 e. The molecule has 0 amide bonds. The normalized spacial score (nSPS) is 9.69. The van der Waals surface area contributed by atoms with E-state index in [0.29, 0.717) is 12.1 Å². The highest BCUT2D eigenvalue weighted by molar-refractivity contribution is 5.77. The van der Waals surface area contributed by atoms with Crippen molar-refractivity contribution in [1.29, 1.82) is 0 Å². The predicted octanol–water partition coefficient (Wildman–Crippen LogP) is 1.69. The van der Waals surface area contributed by atoms with E-state index in [1.807, 2.05) is 0 Å². The van der Waals surface area contributed by atoms with Gasteiger partial charge in [0.15, 0.2) is 6.29 Å². The summed E-state index contributed by atoms with van der Waals surface area (Å²) in [4.78, 5) is 19.2. The molecule has 0 aliphatic heterocycles. The molecule has 4 nitrogen and oxygen atoms in total. The molecule has 0 saturated carbocycles. The Kier molecular flexibility index (Phi) is 2.32. The standard InChI is InChI=1S/C7H3F2NO3/c8-5-1-2-6(10(12)13)7(9)4(5)3-11/h1-3H. The van der Waals surface area contributed by atoms with Crippen molar-refractivity contribution < 1.29 is 18.5 Å². The molecule has 1 aromatic carbocycles. The average molecular weight is 187 g/mol. The first-order chi connectivity index (χ1) is 6.07. The molecule has 0 aromatic heterocycles. The lowest BCUT2D eigenvalue weighted by Crippen LogP contribution is -1.99. The molecular formula is C7H3F2NO3. The van der Waals surface area contributed by atoms with E-state index < -0.39 is 27.8 Å². The molecule has 0 N–H and O–H groups in total. The molecule has 0 aliphatic carbocycles. The summed E-state index contributed by atoms with van der Waals surface area (Å²) >= 11 is 0. The van der Waals surface area contributed by atoms with Crippen LogP contribution in [0, 0.1) is 21.7 Å². The first-order valence-corrected chi connectivity index (χ1v) is 3.15. The molecule has 0 unspecified atom stereocenters. The van der Waals surface area contributed by atoms with E-state index in [0.717, 1.165) is 0 Å². The maximum atomic E-state index is 12.9. The summed E-state index contributed by atoms with van der Waals surface area (Å²) in [6.45, 7) is 0. The van der Waals surface area contributed by atoms with E-state index in [2.05, 4.69) is 0 Å². The molecule has 0 heterocycles. The lowest BCUT2D eigenvalue weighted by Gasteiger charge is -1.97. The second-order valence-corrected chi connectivity index (χ2v) is 2.17. The van der Waals surface area contributed by atoms with Crippen LogP contribution in [0.4, 0.5) is 14.5 Å². The third-order valence-electron chi connectivity index (χ3n) is 1.42. The van der Waals surface area contributed by atoms with Crippen molar-refractivity contribution in [2.75, 3.05) is 0 Å². The van der Waals surface area contributed by atoms with Crippen LogP contribution in [0.1, 0.15) is 10.4 Å². The Balaban J connectivity index is 3.44. The number of benzene rings is 1. The van der Waals surface area contributed by atoms with Gasteiger partial charge >= 0.3 is 5.69 Å². The van der Waals surface area contributed by atoms with Gasteiger partial charge in [-0.15, -0.1) is 0 Å². The minimum Gasteiger partial charge on any atom is -0.298 e. The number of rotatable bonds is 2. The summed E-state index contributed by atoms with van der Waals surface area (Å²) < 4.78 is 25.5. The number of carbonyl (C=O) groups excluding carboxylic acids is 1. The zero-order chi connectivity index (χ0) is 10.0. The second kappa shape index (κ2) is 3.26. The fourth-order valence-corrected chi connectivity index (χ4v) is 0.807. The molecule has 0 atom stereocenters. The third kappa shape index (κ3) is 1.51. The fraction of sp³-hybridized carbons (Fsp3) is 0. The minimum atomic E-state index is -1.44. The number of nitro groups is 1. The zero-order valence-electron chi connectivity index (χ0n) is 6.16. The Morgan fingerprint density at radius 1 is 1.38 bits per heavy atom. The molecule has 6 heteroatoms. The summed E-state index contributed by atoms with van der Waals surface area (Å²) in [6.07, 6.45) is -0.0995. The van der Waals surface area contributed by atoms with E-state index in [-0.39, 0.29) is 6.29 Å². The SMILES string of the molecule is O=Cc1c(F)ccc([N+](=O)[O-])c1F. The minimum absolute atomic E-state index is 0.0995. The largest absolute Gasteiger partial charge is 0.305 e. The van der Waals surface area contributed by atoms with Crippen LogP contribution in [0.5, 0.6) is 0 Å². The Bertz CT molecular complexity index is 378. The Labute approximate surface area is 70.9 Å². The van der Waals surface area contributed by atoms with Crippen molar-refractivity contribution in [2.45, 2.75) is 0 Å². The summed E-state index contributed by atoms with van der Waals surface area (Å²) in [5.41, 5.74) is -1.84. The van der Waals surface area contributed by atoms with Gasteiger partial charge in [0.2, 0.25) is 5.82 Å².